The van der Waals surface area contributed by atoms with Crippen LogP contribution in [0.5, 0.6) is 0 Å². The minimum atomic E-state index is -0.763. The van der Waals surface area contributed by atoms with E-state index in [9.17, 15) is 14.7 Å². The number of nitrogens with zero attached hydrogens (tertiary/aromatic N) is 1. The first-order chi connectivity index (χ1) is 9.42. The number of amides is 1. The van der Waals surface area contributed by atoms with Crippen molar-refractivity contribution in [2.75, 3.05) is 13.1 Å². The van der Waals surface area contributed by atoms with Crippen LogP contribution in [0.15, 0.2) is 0 Å². The molecule has 21 heavy (non-hydrogen) atoms. The standard InChI is InChI=1S/C16H29NO4/c1-15(2,3)12-8-10-17(9-7-11(12)13(18)19)14(20)21-16(4,5)6/h11-12H,7-10H2,1-6H3,(H,18,19). The lowest BCUT2D eigenvalue weighted by Crippen LogP contribution is -2.37. The van der Waals surface area contributed by atoms with Crippen molar-refractivity contribution in [2.24, 2.45) is 17.3 Å². The van der Waals surface area contributed by atoms with Crippen LogP contribution in [0.2, 0.25) is 0 Å². The van der Waals surface area contributed by atoms with Crippen LogP contribution in [-0.2, 0) is 9.53 Å². The molecule has 2 atom stereocenters. The topological polar surface area (TPSA) is 66.8 Å². The number of aliphatic carboxylic acids is 1. The molecule has 0 bridgehead atoms. The highest BCUT2D eigenvalue weighted by atomic mass is 16.6. The monoisotopic (exact) mass is 299 g/mol. The third-order valence-electron chi connectivity index (χ3n) is 3.99. The normalized spacial score (nSPS) is 24.4. The van der Waals surface area contributed by atoms with E-state index in [0.29, 0.717) is 25.9 Å². The van der Waals surface area contributed by atoms with Crippen LogP contribution < -0.4 is 0 Å². The number of carbonyl (C=O) groups excluding carboxylic acids is 1. The Labute approximate surface area is 127 Å². The fraction of sp³-hybridized carbons (Fsp3) is 0.875. The van der Waals surface area contributed by atoms with Crippen LogP contribution in [0.4, 0.5) is 4.79 Å². The van der Waals surface area contributed by atoms with E-state index in [1.165, 1.54) is 0 Å². The minimum absolute atomic E-state index is 0.0578. The molecular weight excluding hydrogens is 270 g/mol. The molecule has 0 spiro atoms. The van der Waals surface area contributed by atoms with Crippen LogP contribution in [0.3, 0.4) is 0 Å². The van der Waals surface area contributed by atoms with Gasteiger partial charge < -0.3 is 14.7 Å². The molecule has 2 unspecified atom stereocenters. The van der Waals surface area contributed by atoms with Gasteiger partial charge in [0, 0.05) is 13.1 Å². The number of hydrogen-bond acceptors (Lipinski definition) is 3. The number of carbonyl (C=O) groups is 2. The van der Waals surface area contributed by atoms with Crippen molar-refractivity contribution < 1.29 is 19.4 Å². The second kappa shape index (κ2) is 6.24. The Morgan fingerprint density at radius 1 is 1.05 bits per heavy atom. The Kier molecular flexibility index (Phi) is 5.29. The quantitative estimate of drug-likeness (QED) is 0.806. The fourth-order valence-electron chi connectivity index (χ4n) is 2.95. The summed E-state index contributed by atoms with van der Waals surface area (Å²) in [5, 5.41) is 9.47. The van der Waals surface area contributed by atoms with Crippen LogP contribution in [0.25, 0.3) is 0 Å². The van der Waals surface area contributed by atoms with Crippen molar-refractivity contribution in [1.29, 1.82) is 0 Å². The fourth-order valence-corrected chi connectivity index (χ4v) is 2.95. The average molecular weight is 299 g/mol. The second-order valence-electron chi connectivity index (χ2n) is 7.96. The van der Waals surface area contributed by atoms with E-state index < -0.39 is 17.5 Å². The maximum absolute atomic E-state index is 12.2. The number of hydrogen-bond donors (Lipinski definition) is 1. The first-order valence-electron chi connectivity index (χ1n) is 7.62. The molecule has 5 nitrogen and oxygen atoms in total. The van der Waals surface area contributed by atoms with Crippen LogP contribution in [0, 0.1) is 17.3 Å². The Balaban J connectivity index is 2.82. The second-order valence-corrected chi connectivity index (χ2v) is 7.96. The number of carboxylic acids is 1. The predicted octanol–water partition coefficient (Wildman–Crippen LogP) is 3.38. The van der Waals surface area contributed by atoms with E-state index in [1.807, 2.05) is 20.8 Å². The van der Waals surface area contributed by atoms with Gasteiger partial charge >= 0.3 is 12.1 Å². The Morgan fingerprint density at radius 3 is 2.00 bits per heavy atom. The number of rotatable bonds is 1. The predicted molar refractivity (Wildman–Crippen MR) is 81.1 cm³/mol. The molecule has 0 aromatic carbocycles. The summed E-state index contributed by atoms with van der Waals surface area (Å²) in [6.45, 7) is 12.7. The van der Waals surface area contributed by atoms with E-state index in [1.54, 1.807) is 4.90 Å². The summed E-state index contributed by atoms with van der Waals surface area (Å²) in [7, 11) is 0. The Hall–Kier alpha value is -1.26. The lowest BCUT2D eigenvalue weighted by atomic mass is 9.71. The smallest absolute Gasteiger partial charge is 0.410 e. The van der Waals surface area contributed by atoms with Gasteiger partial charge in [0.15, 0.2) is 0 Å². The zero-order chi connectivity index (χ0) is 16.4. The van der Waals surface area contributed by atoms with Crippen molar-refractivity contribution in [3.05, 3.63) is 0 Å². The van der Waals surface area contributed by atoms with E-state index in [0.717, 1.165) is 0 Å². The van der Waals surface area contributed by atoms with E-state index in [2.05, 4.69) is 20.8 Å². The van der Waals surface area contributed by atoms with Gasteiger partial charge in [-0.2, -0.15) is 0 Å². The summed E-state index contributed by atoms with van der Waals surface area (Å²) in [6, 6.07) is 0. The molecule has 1 amide bonds. The summed E-state index contributed by atoms with van der Waals surface area (Å²) in [5.74, 6) is -1.11. The lowest BCUT2D eigenvalue weighted by Gasteiger charge is -2.33. The zero-order valence-corrected chi connectivity index (χ0v) is 14.1. The molecule has 1 aliphatic heterocycles. The van der Waals surface area contributed by atoms with E-state index >= 15 is 0 Å². The molecule has 0 aliphatic carbocycles. The van der Waals surface area contributed by atoms with Gasteiger partial charge in [-0.05, 0) is 44.9 Å². The van der Waals surface area contributed by atoms with Gasteiger partial charge in [-0.15, -0.1) is 0 Å². The zero-order valence-electron chi connectivity index (χ0n) is 14.1. The summed E-state index contributed by atoms with van der Waals surface area (Å²) in [5.41, 5.74) is -0.619. The highest BCUT2D eigenvalue weighted by Gasteiger charge is 2.39. The molecular formula is C16H29NO4. The first kappa shape index (κ1) is 17.8. The molecule has 122 valence electrons. The Morgan fingerprint density at radius 2 is 1.57 bits per heavy atom. The molecule has 0 radical (unpaired) electrons. The van der Waals surface area contributed by atoms with Crippen molar-refractivity contribution in [2.45, 2.75) is 60.0 Å². The highest BCUT2D eigenvalue weighted by Crippen LogP contribution is 2.38. The number of likely N-dealkylation sites (tertiary alicyclic amines) is 1. The number of ether oxygens (including phenoxy) is 1. The molecule has 1 heterocycles. The van der Waals surface area contributed by atoms with Gasteiger partial charge in [-0.1, -0.05) is 20.8 Å². The van der Waals surface area contributed by atoms with Crippen molar-refractivity contribution >= 4 is 12.1 Å². The summed E-state index contributed by atoms with van der Waals surface area (Å²) >= 11 is 0. The lowest BCUT2D eigenvalue weighted by molar-refractivity contribution is -0.145. The van der Waals surface area contributed by atoms with Gasteiger partial charge in [-0.25, -0.2) is 4.79 Å². The molecule has 1 rings (SSSR count). The van der Waals surface area contributed by atoms with Gasteiger partial charge in [-0.3, -0.25) is 4.79 Å². The molecule has 0 saturated carbocycles. The third-order valence-corrected chi connectivity index (χ3v) is 3.99. The molecule has 0 aromatic rings. The van der Waals surface area contributed by atoms with E-state index in [-0.39, 0.29) is 17.4 Å². The van der Waals surface area contributed by atoms with Gasteiger partial charge in [0.1, 0.15) is 5.60 Å². The van der Waals surface area contributed by atoms with Crippen molar-refractivity contribution in [3.8, 4) is 0 Å². The molecule has 1 fully saturated rings. The van der Waals surface area contributed by atoms with Gasteiger partial charge in [0.2, 0.25) is 0 Å². The molecule has 0 aromatic heterocycles. The summed E-state index contributed by atoms with van der Waals surface area (Å²) in [4.78, 5) is 25.3. The summed E-state index contributed by atoms with van der Waals surface area (Å²) < 4.78 is 5.39. The largest absolute Gasteiger partial charge is 0.481 e. The minimum Gasteiger partial charge on any atom is -0.481 e. The highest BCUT2D eigenvalue weighted by molar-refractivity contribution is 5.71. The van der Waals surface area contributed by atoms with Crippen molar-refractivity contribution in [3.63, 3.8) is 0 Å². The maximum atomic E-state index is 12.2. The molecule has 1 aliphatic rings. The molecule has 1 saturated heterocycles. The first-order valence-corrected chi connectivity index (χ1v) is 7.62. The van der Waals surface area contributed by atoms with Crippen molar-refractivity contribution in [1.82, 2.24) is 4.90 Å². The number of carboxylic acid groups (broad SMARTS) is 1. The third kappa shape index (κ3) is 5.21. The summed E-state index contributed by atoms with van der Waals surface area (Å²) in [6.07, 6.45) is 0.831. The molecule has 1 N–H and O–H groups in total. The van der Waals surface area contributed by atoms with Crippen LogP contribution >= 0.6 is 0 Å². The Bertz CT molecular complexity index is 392. The van der Waals surface area contributed by atoms with Crippen LogP contribution in [-0.4, -0.2) is 40.8 Å². The van der Waals surface area contributed by atoms with Gasteiger partial charge in [0.25, 0.3) is 0 Å². The van der Waals surface area contributed by atoms with Crippen LogP contribution in [0.1, 0.15) is 54.4 Å². The average Bonchev–Trinajstić information content (AvgIpc) is 2.47. The van der Waals surface area contributed by atoms with Gasteiger partial charge in [0.05, 0.1) is 5.92 Å². The molecule has 5 heteroatoms. The maximum Gasteiger partial charge on any atom is 0.410 e. The SMILES string of the molecule is CC(C)(C)OC(=O)N1CCC(C(=O)O)C(C(C)(C)C)CC1. The van der Waals surface area contributed by atoms with E-state index in [4.69, 9.17) is 4.74 Å².